The van der Waals surface area contributed by atoms with Crippen molar-refractivity contribution in [1.29, 1.82) is 0 Å². The first kappa shape index (κ1) is 30.6. The van der Waals surface area contributed by atoms with E-state index in [1.807, 2.05) is 48.7 Å². The number of aryl methyl sites for hydroxylation is 1. The molecule has 0 unspecified atom stereocenters. The molecule has 3 heterocycles. The summed E-state index contributed by atoms with van der Waals surface area (Å²) in [4.78, 5) is 8.97. The molecule has 0 aliphatic heterocycles. The second-order valence-electron chi connectivity index (χ2n) is 14.4. The molecule has 0 saturated heterocycles. The first-order valence-corrected chi connectivity index (χ1v) is 19.8. The number of hydrogen-bond donors (Lipinski definition) is 0. The summed E-state index contributed by atoms with van der Waals surface area (Å²) in [6.07, 6.45) is 3.39. The maximum Gasteiger partial charge on any atom is 0.121 e. The van der Waals surface area contributed by atoms with Crippen LogP contribution in [-0.2, 0) is 25.5 Å². The Kier molecular flexibility index (Phi) is 8.42. The summed E-state index contributed by atoms with van der Waals surface area (Å²) in [5.74, 6) is 0. The molecule has 0 fully saturated rings. The normalized spacial score (nSPS) is 13.0. The average Bonchev–Trinajstić information content (AvgIpc) is 3.48. The van der Waals surface area contributed by atoms with Crippen molar-refractivity contribution in [3.8, 4) is 22.5 Å². The molecule has 5 aromatic carbocycles. The van der Waals surface area contributed by atoms with Crippen LogP contribution in [0.3, 0.4) is 0 Å². The minimum Gasteiger partial charge on any atom is -0.501 e. The zero-order chi connectivity index (χ0) is 36.1. The van der Waals surface area contributed by atoms with Crippen LogP contribution in [0.4, 0.5) is 0 Å². The third kappa shape index (κ3) is 6.89. The first-order valence-electron chi connectivity index (χ1n) is 17.8. The van der Waals surface area contributed by atoms with E-state index in [2.05, 4.69) is 123 Å². The van der Waals surface area contributed by atoms with Gasteiger partial charge in [0.1, 0.15) is 5.58 Å². The fourth-order valence-electron chi connectivity index (χ4n) is 6.24. The van der Waals surface area contributed by atoms with E-state index >= 15 is 0 Å². The maximum absolute atomic E-state index is 7.99. The van der Waals surface area contributed by atoms with Crippen molar-refractivity contribution >= 4 is 56.7 Å². The van der Waals surface area contributed by atoms with Gasteiger partial charge in [-0.25, -0.2) is 0 Å². The first-order chi connectivity index (χ1) is 24.2. The van der Waals surface area contributed by atoms with Crippen molar-refractivity contribution < 1.29 is 28.6 Å². The number of nitrogens with zero attached hydrogens (tertiary/aromatic N) is 2. The molecular weight excluding hydrogens is 793 g/mol. The molecule has 1 radical (unpaired) electrons. The van der Waals surface area contributed by atoms with Crippen LogP contribution in [0.1, 0.15) is 36.0 Å². The Morgan fingerprint density at radius 3 is 2.27 bits per heavy atom. The third-order valence-electron chi connectivity index (χ3n) is 8.88. The molecule has 3 aromatic heterocycles. The number of fused-ring (bicyclic) bond motifs is 6. The van der Waals surface area contributed by atoms with Gasteiger partial charge in [-0.1, -0.05) is 105 Å². The van der Waals surface area contributed by atoms with Gasteiger partial charge in [0.05, 0.1) is 13.7 Å². The van der Waals surface area contributed by atoms with Crippen LogP contribution in [0.2, 0.25) is 19.6 Å². The van der Waals surface area contributed by atoms with Crippen molar-refractivity contribution in [2.24, 2.45) is 0 Å². The molecular formula is C44H40IrN2OSi-2. The van der Waals surface area contributed by atoms with E-state index in [-0.39, 0.29) is 25.5 Å². The summed E-state index contributed by atoms with van der Waals surface area (Å²) in [7, 11) is -1.95. The largest absolute Gasteiger partial charge is 0.501 e. The Morgan fingerprint density at radius 2 is 1.51 bits per heavy atom. The van der Waals surface area contributed by atoms with Crippen molar-refractivity contribution in [2.45, 2.75) is 52.7 Å². The fraction of sp³-hybridized carbons (Fsp3) is 0.182. The number of aromatic nitrogens is 2. The van der Waals surface area contributed by atoms with Gasteiger partial charge >= 0.3 is 0 Å². The van der Waals surface area contributed by atoms with Crippen molar-refractivity contribution in [3.05, 3.63) is 139 Å². The number of furan rings is 1. The molecule has 0 aliphatic rings. The summed E-state index contributed by atoms with van der Waals surface area (Å²) in [6, 6.07) is 41.5. The van der Waals surface area contributed by atoms with Crippen LogP contribution in [0.15, 0.2) is 120 Å². The molecule has 5 heteroatoms. The molecule has 8 aromatic rings. The van der Waals surface area contributed by atoms with Crippen molar-refractivity contribution in [1.82, 2.24) is 9.97 Å². The van der Waals surface area contributed by atoms with Crippen LogP contribution in [0.25, 0.3) is 66.0 Å². The van der Waals surface area contributed by atoms with E-state index < -0.39 is 14.9 Å². The second-order valence-corrected chi connectivity index (χ2v) is 19.4. The van der Waals surface area contributed by atoms with Crippen LogP contribution in [0.5, 0.6) is 0 Å². The predicted molar refractivity (Wildman–Crippen MR) is 206 cm³/mol. The van der Waals surface area contributed by atoms with E-state index in [1.54, 1.807) is 0 Å². The van der Waals surface area contributed by atoms with Crippen LogP contribution in [-0.4, -0.2) is 18.0 Å². The van der Waals surface area contributed by atoms with E-state index in [0.29, 0.717) is 11.3 Å². The van der Waals surface area contributed by atoms with Gasteiger partial charge in [-0.3, -0.25) is 0 Å². The molecule has 0 spiro atoms. The third-order valence-corrected chi connectivity index (χ3v) is 10.9. The van der Waals surface area contributed by atoms with Crippen LogP contribution >= 0.6 is 0 Å². The monoisotopic (exact) mass is 836 g/mol. The van der Waals surface area contributed by atoms with Gasteiger partial charge in [0, 0.05) is 42.0 Å². The standard InChI is InChI=1S/C29H24NOSi.C15H16N.Ir/c1-18-17-30-26(16-28(18)32(2,3)4)23-11-7-10-22-25-14-20-13-12-19-8-5-6-9-21(19)24(20)15-27(25)31-29(22)23;1-15(2,3)13-9-10-16-14(11-13)12-7-5-4-6-8-12;/h5-10,12-17H,1-4H3;4-7,9-11H,1-3H3;/q2*-1;/i1D3;;. The summed E-state index contributed by atoms with van der Waals surface area (Å²) >= 11 is 0. The van der Waals surface area contributed by atoms with E-state index in [1.165, 1.54) is 22.5 Å². The number of pyridine rings is 2. The van der Waals surface area contributed by atoms with Crippen LogP contribution < -0.4 is 5.19 Å². The SMILES string of the molecule is CC(C)(C)c1ccnc(-c2[c-]cccc2)c1.[2H]C([2H])([2H])c1cnc(-c2[c-]ccc3c2oc2cc4c(ccc5ccccc54)cc23)cc1[Si](C)(C)C.[Ir]. The van der Waals surface area contributed by atoms with Crippen molar-refractivity contribution in [2.75, 3.05) is 0 Å². The quantitative estimate of drug-likeness (QED) is 0.101. The van der Waals surface area contributed by atoms with Gasteiger partial charge in [-0.05, 0) is 74.5 Å². The van der Waals surface area contributed by atoms with E-state index in [9.17, 15) is 0 Å². The minimum absolute atomic E-state index is 0. The van der Waals surface area contributed by atoms with Gasteiger partial charge in [0.2, 0.25) is 0 Å². The smallest absolute Gasteiger partial charge is 0.121 e. The maximum atomic E-state index is 7.99. The van der Waals surface area contributed by atoms with Crippen LogP contribution in [0, 0.1) is 19.0 Å². The van der Waals surface area contributed by atoms with Crippen molar-refractivity contribution in [3.63, 3.8) is 0 Å². The van der Waals surface area contributed by atoms with Gasteiger partial charge in [0.25, 0.3) is 0 Å². The number of benzene rings is 5. The molecule has 0 amide bonds. The number of rotatable bonds is 3. The molecule has 8 rings (SSSR count). The molecule has 0 atom stereocenters. The summed E-state index contributed by atoms with van der Waals surface area (Å²) in [6.45, 7) is 10.9. The predicted octanol–water partition coefficient (Wildman–Crippen LogP) is 11.5. The average molecular weight is 836 g/mol. The minimum atomic E-state index is -2.20. The molecule has 0 bridgehead atoms. The Morgan fingerprint density at radius 1 is 0.714 bits per heavy atom. The molecule has 49 heavy (non-hydrogen) atoms. The van der Waals surface area contributed by atoms with E-state index in [0.717, 1.165) is 54.7 Å². The van der Waals surface area contributed by atoms with Gasteiger partial charge in [0.15, 0.2) is 0 Å². The Labute approximate surface area is 308 Å². The van der Waals surface area contributed by atoms with Gasteiger partial charge in [-0.2, -0.15) is 0 Å². The van der Waals surface area contributed by atoms with E-state index in [4.69, 9.17) is 8.53 Å². The summed E-state index contributed by atoms with van der Waals surface area (Å²) in [5, 5.41) is 7.64. The fourth-order valence-corrected chi connectivity index (χ4v) is 7.68. The summed E-state index contributed by atoms with van der Waals surface area (Å²) in [5.41, 5.74) is 6.82. The molecule has 0 N–H and O–H groups in total. The number of hydrogen-bond acceptors (Lipinski definition) is 3. The Bertz CT molecular complexity index is 2550. The zero-order valence-electron chi connectivity index (χ0n) is 31.6. The summed E-state index contributed by atoms with van der Waals surface area (Å²) < 4.78 is 30.4. The second kappa shape index (κ2) is 13.5. The molecule has 0 saturated carbocycles. The molecule has 0 aliphatic carbocycles. The van der Waals surface area contributed by atoms with Gasteiger partial charge in [-0.15, -0.1) is 54.1 Å². The molecule has 3 nitrogen and oxygen atoms in total. The zero-order valence-corrected chi connectivity index (χ0v) is 32.0. The Hall–Kier alpha value is -4.41. The molecule has 247 valence electrons. The Balaban J connectivity index is 0.000000230. The van der Waals surface area contributed by atoms with Gasteiger partial charge < -0.3 is 14.4 Å². The topological polar surface area (TPSA) is 38.9 Å².